The van der Waals surface area contributed by atoms with Crippen molar-refractivity contribution in [2.45, 2.75) is 19.8 Å². The van der Waals surface area contributed by atoms with Gasteiger partial charge in [-0.3, -0.25) is 4.79 Å². The number of ether oxygens (including phenoxy) is 2. The lowest BCUT2D eigenvalue weighted by atomic mass is 10.2. The SMILES string of the molecule is CCOc1ccc(-c2cnc(CCC(=O)Nc3ccc(C(=O)OC)cc3)o2)cc1. The van der Waals surface area contributed by atoms with Gasteiger partial charge in [-0.25, -0.2) is 9.78 Å². The quantitative estimate of drug-likeness (QED) is 0.579. The van der Waals surface area contributed by atoms with E-state index in [0.717, 1.165) is 11.3 Å². The Kier molecular flexibility index (Phi) is 6.63. The van der Waals surface area contributed by atoms with E-state index in [1.54, 1.807) is 30.5 Å². The van der Waals surface area contributed by atoms with E-state index in [1.165, 1.54) is 7.11 Å². The highest BCUT2D eigenvalue weighted by Crippen LogP contribution is 2.23. The molecule has 0 radical (unpaired) electrons. The zero-order valence-corrected chi connectivity index (χ0v) is 16.3. The van der Waals surface area contributed by atoms with Crippen molar-refractivity contribution in [1.82, 2.24) is 4.98 Å². The van der Waals surface area contributed by atoms with Crippen molar-refractivity contribution in [2.24, 2.45) is 0 Å². The molecule has 0 saturated carbocycles. The summed E-state index contributed by atoms with van der Waals surface area (Å²) in [6.07, 6.45) is 2.25. The monoisotopic (exact) mass is 394 g/mol. The van der Waals surface area contributed by atoms with E-state index in [1.807, 2.05) is 31.2 Å². The summed E-state index contributed by atoms with van der Waals surface area (Å²) in [6, 6.07) is 14.1. The Bertz CT molecular complexity index is 962. The predicted octanol–water partition coefficient (Wildman–Crippen LogP) is 4.10. The molecule has 0 aliphatic rings. The molecule has 2 aromatic carbocycles. The summed E-state index contributed by atoms with van der Waals surface area (Å²) >= 11 is 0. The summed E-state index contributed by atoms with van der Waals surface area (Å²) in [5.41, 5.74) is 1.92. The maximum absolute atomic E-state index is 12.2. The lowest BCUT2D eigenvalue weighted by Gasteiger charge is -2.05. The predicted molar refractivity (Wildman–Crippen MR) is 108 cm³/mol. The van der Waals surface area contributed by atoms with Gasteiger partial charge in [-0.2, -0.15) is 0 Å². The number of amides is 1. The maximum atomic E-state index is 12.2. The van der Waals surface area contributed by atoms with Gasteiger partial charge in [0, 0.05) is 24.1 Å². The molecule has 29 heavy (non-hydrogen) atoms. The minimum absolute atomic E-state index is 0.170. The molecule has 0 saturated heterocycles. The zero-order chi connectivity index (χ0) is 20.6. The van der Waals surface area contributed by atoms with Gasteiger partial charge < -0.3 is 19.2 Å². The molecule has 0 bridgehead atoms. The first kappa shape index (κ1) is 20.1. The number of hydrogen-bond donors (Lipinski definition) is 1. The number of oxazole rings is 1. The molecule has 1 aromatic heterocycles. The van der Waals surface area contributed by atoms with Gasteiger partial charge in [0.05, 0.1) is 25.5 Å². The molecule has 0 unspecified atom stereocenters. The fourth-order valence-electron chi connectivity index (χ4n) is 2.69. The molecule has 1 heterocycles. The highest BCUT2D eigenvalue weighted by Gasteiger charge is 2.10. The number of anilines is 1. The van der Waals surface area contributed by atoms with Crippen LogP contribution >= 0.6 is 0 Å². The molecule has 1 N–H and O–H groups in total. The number of carbonyl (C=O) groups is 2. The van der Waals surface area contributed by atoms with Crippen LogP contribution in [0.1, 0.15) is 29.6 Å². The highest BCUT2D eigenvalue weighted by molar-refractivity contribution is 5.93. The standard InChI is InChI=1S/C22H22N2O5/c1-3-28-18-10-6-15(7-11-18)19-14-23-21(29-19)13-12-20(25)24-17-8-4-16(5-9-17)22(26)27-2/h4-11,14H,3,12-13H2,1-2H3,(H,24,25). The Hall–Kier alpha value is -3.61. The number of aromatic nitrogens is 1. The average Bonchev–Trinajstić information content (AvgIpc) is 3.22. The van der Waals surface area contributed by atoms with Crippen molar-refractivity contribution in [3.63, 3.8) is 0 Å². The second kappa shape index (κ2) is 9.54. The van der Waals surface area contributed by atoms with Gasteiger partial charge in [0.15, 0.2) is 11.7 Å². The Morgan fingerprint density at radius 1 is 1.07 bits per heavy atom. The average molecular weight is 394 g/mol. The first-order valence-electron chi connectivity index (χ1n) is 9.25. The van der Waals surface area contributed by atoms with Crippen LogP contribution < -0.4 is 10.1 Å². The Morgan fingerprint density at radius 2 is 1.79 bits per heavy atom. The molecular formula is C22H22N2O5. The van der Waals surface area contributed by atoms with Crippen LogP contribution in [0, 0.1) is 0 Å². The number of carbonyl (C=O) groups excluding carboxylic acids is 2. The van der Waals surface area contributed by atoms with Crippen LogP contribution in [0.15, 0.2) is 59.1 Å². The molecule has 0 atom stereocenters. The number of aryl methyl sites for hydroxylation is 1. The van der Waals surface area contributed by atoms with Gasteiger partial charge in [0.2, 0.25) is 5.91 Å². The van der Waals surface area contributed by atoms with Crippen LogP contribution in [-0.2, 0) is 16.0 Å². The zero-order valence-electron chi connectivity index (χ0n) is 16.3. The van der Waals surface area contributed by atoms with Gasteiger partial charge >= 0.3 is 5.97 Å². The van der Waals surface area contributed by atoms with Crippen molar-refractivity contribution in [2.75, 3.05) is 19.0 Å². The van der Waals surface area contributed by atoms with Crippen LogP contribution in [0.25, 0.3) is 11.3 Å². The third-order valence-electron chi connectivity index (χ3n) is 4.16. The molecule has 0 aliphatic heterocycles. The third-order valence-corrected chi connectivity index (χ3v) is 4.16. The van der Waals surface area contributed by atoms with Crippen molar-refractivity contribution in [3.8, 4) is 17.1 Å². The van der Waals surface area contributed by atoms with E-state index in [-0.39, 0.29) is 12.3 Å². The molecule has 150 valence electrons. The Morgan fingerprint density at radius 3 is 2.45 bits per heavy atom. The van der Waals surface area contributed by atoms with Gasteiger partial charge in [-0.15, -0.1) is 0 Å². The topological polar surface area (TPSA) is 90.7 Å². The first-order chi connectivity index (χ1) is 14.1. The second-order valence-electron chi connectivity index (χ2n) is 6.19. The third kappa shape index (κ3) is 5.44. The van der Waals surface area contributed by atoms with Crippen LogP contribution in [0.2, 0.25) is 0 Å². The summed E-state index contributed by atoms with van der Waals surface area (Å²) < 4.78 is 15.8. The van der Waals surface area contributed by atoms with E-state index in [0.29, 0.717) is 35.9 Å². The summed E-state index contributed by atoms with van der Waals surface area (Å²) in [7, 11) is 1.32. The number of rotatable bonds is 8. The number of nitrogens with one attached hydrogen (secondary N) is 1. The molecular weight excluding hydrogens is 372 g/mol. The number of methoxy groups -OCH3 is 1. The summed E-state index contributed by atoms with van der Waals surface area (Å²) in [5, 5.41) is 2.78. The molecule has 0 aliphatic carbocycles. The second-order valence-corrected chi connectivity index (χ2v) is 6.19. The van der Waals surface area contributed by atoms with Gasteiger partial charge in [-0.1, -0.05) is 0 Å². The minimum atomic E-state index is -0.421. The van der Waals surface area contributed by atoms with E-state index in [2.05, 4.69) is 15.0 Å². The summed E-state index contributed by atoms with van der Waals surface area (Å²) in [6.45, 7) is 2.55. The maximum Gasteiger partial charge on any atom is 0.337 e. The number of benzene rings is 2. The van der Waals surface area contributed by atoms with Gasteiger partial charge in [0.1, 0.15) is 5.75 Å². The number of esters is 1. The lowest BCUT2D eigenvalue weighted by molar-refractivity contribution is -0.116. The van der Waals surface area contributed by atoms with Crippen molar-refractivity contribution in [1.29, 1.82) is 0 Å². The fourth-order valence-corrected chi connectivity index (χ4v) is 2.69. The number of hydrogen-bond acceptors (Lipinski definition) is 6. The van der Waals surface area contributed by atoms with E-state index < -0.39 is 5.97 Å². The van der Waals surface area contributed by atoms with E-state index in [4.69, 9.17) is 9.15 Å². The molecule has 7 heteroatoms. The molecule has 3 rings (SSSR count). The Labute approximate surface area is 168 Å². The largest absolute Gasteiger partial charge is 0.494 e. The Balaban J connectivity index is 1.52. The summed E-state index contributed by atoms with van der Waals surface area (Å²) in [5.74, 6) is 1.34. The summed E-state index contributed by atoms with van der Waals surface area (Å²) in [4.78, 5) is 27.8. The first-order valence-corrected chi connectivity index (χ1v) is 9.25. The van der Waals surface area contributed by atoms with E-state index in [9.17, 15) is 9.59 Å². The van der Waals surface area contributed by atoms with E-state index >= 15 is 0 Å². The molecule has 7 nitrogen and oxygen atoms in total. The number of nitrogens with zero attached hydrogens (tertiary/aromatic N) is 1. The fraction of sp³-hybridized carbons (Fsp3) is 0.227. The van der Waals surface area contributed by atoms with Crippen LogP contribution in [0.4, 0.5) is 5.69 Å². The van der Waals surface area contributed by atoms with Crippen molar-refractivity contribution < 1.29 is 23.5 Å². The van der Waals surface area contributed by atoms with Crippen molar-refractivity contribution >= 4 is 17.6 Å². The highest BCUT2D eigenvalue weighted by atomic mass is 16.5. The molecule has 3 aromatic rings. The van der Waals surface area contributed by atoms with Crippen molar-refractivity contribution in [3.05, 3.63) is 66.2 Å². The van der Waals surface area contributed by atoms with Crippen LogP contribution in [-0.4, -0.2) is 30.6 Å². The molecule has 0 fully saturated rings. The smallest absolute Gasteiger partial charge is 0.337 e. The molecule has 0 spiro atoms. The lowest BCUT2D eigenvalue weighted by Crippen LogP contribution is -2.12. The van der Waals surface area contributed by atoms with Crippen LogP contribution in [0.3, 0.4) is 0 Å². The van der Waals surface area contributed by atoms with Gasteiger partial charge in [-0.05, 0) is 55.5 Å². The minimum Gasteiger partial charge on any atom is -0.494 e. The van der Waals surface area contributed by atoms with Gasteiger partial charge in [0.25, 0.3) is 0 Å². The molecule has 1 amide bonds. The normalized spacial score (nSPS) is 10.4. The van der Waals surface area contributed by atoms with Crippen LogP contribution in [0.5, 0.6) is 5.75 Å².